The molecule has 1 atom stereocenters. The van der Waals surface area contributed by atoms with Crippen molar-refractivity contribution in [3.05, 3.63) is 27.3 Å². The fraction of sp³-hybridized carbons (Fsp3) is 0.364. The van der Waals surface area contributed by atoms with Gasteiger partial charge in [0.1, 0.15) is 12.0 Å². The molecule has 1 aromatic rings. The minimum Gasteiger partial charge on any atom is -0.496 e. The third-order valence-corrected chi connectivity index (χ3v) is 2.85. The highest BCUT2D eigenvalue weighted by atomic mass is 127. The van der Waals surface area contributed by atoms with Crippen LogP contribution in [0.1, 0.15) is 12.5 Å². The third-order valence-electron chi connectivity index (χ3n) is 2.01. The minimum absolute atomic E-state index is 0.0826. The van der Waals surface area contributed by atoms with Crippen LogP contribution in [0.3, 0.4) is 0 Å². The van der Waals surface area contributed by atoms with Crippen molar-refractivity contribution in [3.8, 4) is 5.75 Å². The number of carbonyl (C=O) groups is 1. The summed E-state index contributed by atoms with van der Waals surface area (Å²) in [6, 6.07) is 6.00. The number of halogens is 1. The van der Waals surface area contributed by atoms with E-state index in [-0.39, 0.29) is 5.92 Å². The van der Waals surface area contributed by atoms with Crippen LogP contribution in [0, 0.1) is 9.49 Å². The van der Waals surface area contributed by atoms with Gasteiger partial charge in [-0.05, 0) is 46.7 Å². The smallest absolute Gasteiger partial charge is 0.132 e. The maximum Gasteiger partial charge on any atom is 0.132 e. The average Bonchev–Trinajstić information content (AvgIpc) is 2.18. The van der Waals surface area contributed by atoms with E-state index in [1.54, 1.807) is 7.11 Å². The van der Waals surface area contributed by atoms with E-state index in [0.29, 0.717) is 0 Å². The molecule has 0 aromatic heterocycles. The Kier molecular flexibility index (Phi) is 4.38. The molecule has 0 saturated heterocycles. The Labute approximate surface area is 97.8 Å². The molecule has 0 saturated carbocycles. The maximum absolute atomic E-state index is 10.5. The summed E-state index contributed by atoms with van der Waals surface area (Å²) < 4.78 is 6.24. The molecule has 0 fully saturated rings. The van der Waals surface area contributed by atoms with E-state index < -0.39 is 0 Å². The fourth-order valence-electron chi connectivity index (χ4n) is 1.26. The van der Waals surface area contributed by atoms with Gasteiger partial charge in [-0.15, -0.1) is 0 Å². The quantitative estimate of drug-likeness (QED) is 0.631. The first kappa shape index (κ1) is 11.5. The third kappa shape index (κ3) is 2.97. The van der Waals surface area contributed by atoms with Crippen molar-refractivity contribution in [3.63, 3.8) is 0 Å². The average molecular weight is 304 g/mol. The van der Waals surface area contributed by atoms with Crippen LogP contribution in [-0.4, -0.2) is 13.4 Å². The molecule has 2 nitrogen and oxygen atoms in total. The lowest BCUT2D eigenvalue weighted by Gasteiger charge is -2.07. The summed E-state index contributed by atoms with van der Waals surface area (Å²) in [6.45, 7) is 1.92. The monoisotopic (exact) mass is 304 g/mol. The van der Waals surface area contributed by atoms with Crippen LogP contribution < -0.4 is 4.74 Å². The SMILES string of the molecule is COc1ccc(CC(C)C=O)cc1I. The molecule has 0 N–H and O–H groups in total. The first-order valence-electron chi connectivity index (χ1n) is 4.45. The molecule has 0 radical (unpaired) electrons. The van der Waals surface area contributed by atoms with E-state index in [9.17, 15) is 4.79 Å². The number of ether oxygens (including phenoxy) is 1. The van der Waals surface area contributed by atoms with E-state index in [0.717, 1.165) is 22.0 Å². The van der Waals surface area contributed by atoms with Crippen LogP contribution in [0.25, 0.3) is 0 Å². The number of carbonyl (C=O) groups excluding carboxylic acids is 1. The van der Waals surface area contributed by atoms with Crippen LogP contribution in [0.2, 0.25) is 0 Å². The Morgan fingerprint density at radius 1 is 1.57 bits per heavy atom. The zero-order valence-electron chi connectivity index (χ0n) is 8.29. The highest BCUT2D eigenvalue weighted by Gasteiger charge is 2.04. The van der Waals surface area contributed by atoms with Gasteiger partial charge in [-0.25, -0.2) is 0 Å². The standard InChI is InChI=1S/C11H13IO2/c1-8(7-13)5-9-3-4-11(14-2)10(12)6-9/h3-4,6-8H,5H2,1-2H3. The maximum atomic E-state index is 10.5. The molecule has 0 amide bonds. The van der Waals surface area contributed by atoms with E-state index in [1.807, 2.05) is 19.1 Å². The van der Waals surface area contributed by atoms with Crippen molar-refractivity contribution in [2.24, 2.45) is 5.92 Å². The Bertz CT molecular complexity index is 323. The molecule has 1 unspecified atom stereocenters. The second-order valence-corrected chi connectivity index (χ2v) is 4.45. The van der Waals surface area contributed by atoms with E-state index >= 15 is 0 Å². The van der Waals surface area contributed by atoms with Gasteiger partial charge in [-0.1, -0.05) is 13.0 Å². The number of methoxy groups -OCH3 is 1. The molecule has 76 valence electrons. The van der Waals surface area contributed by atoms with Gasteiger partial charge in [0.25, 0.3) is 0 Å². The molecule has 1 rings (SSSR count). The predicted octanol–water partition coefficient (Wildman–Crippen LogP) is 2.68. The minimum atomic E-state index is 0.0826. The van der Waals surface area contributed by atoms with E-state index in [4.69, 9.17) is 4.74 Å². The van der Waals surface area contributed by atoms with Gasteiger partial charge in [0.05, 0.1) is 10.7 Å². The lowest BCUT2D eigenvalue weighted by atomic mass is 10.0. The summed E-state index contributed by atoms with van der Waals surface area (Å²) in [5.74, 6) is 0.965. The normalized spacial score (nSPS) is 12.2. The van der Waals surface area contributed by atoms with Gasteiger partial charge < -0.3 is 9.53 Å². The van der Waals surface area contributed by atoms with Crippen LogP contribution in [0.15, 0.2) is 18.2 Å². The molecule has 1 aromatic carbocycles. The molecule has 0 aliphatic heterocycles. The molecule has 0 heterocycles. The molecule has 0 aliphatic rings. The van der Waals surface area contributed by atoms with Crippen LogP contribution in [-0.2, 0) is 11.2 Å². The molecule has 0 spiro atoms. The van der Waals surface area contributed by atoms with Crippen molar-refractivity contribution >= 4 is 28.9 Å². The topological polar surface area (TPSA) is 26.3 Å². The first-order valence-corrected chi connectivity index (χ1v) is 5.53. The van der Waals surface area contributed by atoms with Gasteiger partial charge >= 0.3 is 0 Å². The van der Waals surface area contributed by atoms with Crippen molar-refractivity contribution in [2.75, 3.05) is 7.11 Å². The van der Waals surface area contributed by atoms with Gasteiger partial charge in [0, 0.05) is 5.92 Å². The zero-order chi connectivity index (χ0) is 10.6. The fourth-order valence-corrected chi connectivity index (χ4v) is 2.06. The molecule has 3 heteroatoms. The second-order valence-electron chi connectivity index (χ2n) is 3.29. The number of hydrogen-bond donors (Lipinski definition) is 0. The number of benzene rings is 1. The zero-order valence-corrected chi connectivity index (χ0v) is 10.4. The Hall–Kier alpha value is -0.580. The number of rotatable bonds is 4. The molecule has 0 bridgehead atoms. The van der Waals surface area contributed by atoms with Gasteiger partial charge in [0.2, 0.25) is 0 Å². The molecule has 0 aliphatic carbocycles. The Balaban J connectivity index is 2.80. The van der Waals surface area contributed by atoms with Gasteiger partial charge in [-0.2, -0.15) is 0 Å². The molecular weight excluding hydrogens is 291 g/mol. The highest BCUT2D eigenvalue weighted by molar-refractivity contribution is 14.1. The second kappa shape index (κ2) is 5.34. The summed E-state index contributed by atoms with van der Waals surface area (Å²) >= 11 is 2.23. The number of hydrogen-bond acceptors (Lipinski definition) is 2. The van der Waals surface area contributed by atoms with Crippen LogP contribution >= 0.6 is 22.6 Å². The Morgan fingerprint density at radius 3 is 2.79 bits per heavy atom. The largest absolute Gasteiger partial charge is 0.496 e. The van der Waals surface area contributed by atoms with Gasteiger partial charge in [-0.3, -0.25) is 0 Å². The lowest BCUT2D eigenvalue weighted by Crippen LogP contribution is -2.01. The van der Waals surface area contributed by atoms with Crippen molar-refractivity contribution < 1.29 is 9.53 Å². The van der Waals surface area contributed by atoms with Crippen molar-refractivity contribution in [1.82, 2.24) is 0 Å². The summed E-state index contributed by atoms with van der Waals surface area (Å²) in [7, 11) is 1.66. The van der Waals surface area contributed by atoms with Crippen molar-refractivity contribution in [1.29, 1.82) is 0 Å². The highest BCUT2D eigenvalue weighted by Crippen LogP contribution is 2.22. The predicted molar refractivity (Wildman–Crippen MR) is 64.6 cm³/mol. The van der Waals surface area contributed by atoms with E-state index in [1.165, 1.54) is 5.56 Å². The summed E-state index contributed by atoms with van der Waals surface area (Å²) in [4.78, 5) is 10.5. The summed E-state index contributed by atoms with van der Waals surface area (Å²) in [5, 5.41) is 0. The summed E-state index contributed by atoms with van der Waals surface area (Å²) in [5.41, 5.74) is 1.18. The molecule has 14 heavy (non-hydrogen) atoms. The molecular formula is C11H13IO2. The summed E-state index contributed by atoms with van der Waals surface area (Å²) in [6.07, 6.45) is 1.78. The number of aldehydes is 1. The van der Waals surface area contributed by atoms with Gasteiger partial charge in [0.15, 0.2) is 0 Å². The van der Waals surface area contributed by atoms with Crippen molar-refractivity contribution in [2.45, 2.75) is 13.3 Å². The lowest BCUT2D eigenvalue weighted by molar-refractivity contribution is -0.110. The van der Waals surface area contributed by atoms with Crippen LogP contribution in [0.4, 0.5) is 0 Å². The van der Waals surface area contributed by atoms with E-state index in [2.05, 4.69) is 28.7 Å². The first-order chi connectivity index (χ1) is 6.67. The van der Waals surface area contributed by atoms with Crippen LogP contribution in [0.5, 0.6) is 5.75 Å². The Morgan fingerprint density at radius 2 is 2.29 bits per heavy atom.